The van der Waals surface area contributed by atoms with E-state index in [9.17, 15) is 9.59 Å². The molecule has 8 heteroatoms. The van der Waals surface area contributed by atoms with Gasteiger partial charge in [0, 0.05) is 37.7 Å². The molecule has 0 aliphatic carbocycles. The lowest BCUT2D eigenvalue weighted by atomic mass is 10.0. The number of hydrogen-bond donors (Lipinski definition) is 2. The van der Waals surface area contributed by atoms with Crippen LogP contribution in [-0.4, -0.2) is 56.1 Å². The summed E-state index contributed by atoms with van der Waals surface area (Å²) in [5, 5.41) is 2.99. The maximum absolute atomic E-state index is 12.8. The minimum Gasteiger partial charge on any atom is -0.497 e. The highest BCUT2D eigenvalue weighted by Crippen LogP contribution is 2.26. The van der Waals surface area contributed by atoms with Crippen LogP contribution in [0.25, 0.3) is 0 Å². The second kappa shape index (κ2) is 10.2. The summed E-state index contributed by atoms with van der Waals surface area (Å²) in [4.78, 5) is 26.3. The lowest BCUT2D eigenvalue weighted by Gasteiger charge is -2.32. The number of nitrogens with one attached hydrogen (secondary N) is 1. The number of ether oxygens (including phenoxy) is 2. The fourth-order valence-corrected chi connectivity index (χ4v) is 2.95. The molecule has 0 saturated carbocycles. The van der Waals surface area contributed by atoms with E-state index in [0.29, 0.717) is 36.6 Å². The topological polar surface area (TPSA) is 93.9 Å². The molecule has 1 heterocycles. The molecule has 1 aliphatic rings. The minimum absolute atomic E-state index is 0. The van der Waals surface area contributed by atoms with Gasteiger partial charge in [-0.3, -0.25) is 9.59 Å². The molecule has 7 nitrogen and oxygen atoms in total. The Labute approximate surface area is 160 Å². The third-order valence-electron chi connectivity index (χ3n) is 4.29. The van der Waals surface area contributed by atoms with Crippen molar-refractivity contribution in [3.8, 4) is 11.5 Å². The fourth-order valence-electron chi connectivity index (χ4n) is 2.95. The van der Waals surface area contributed by atoms with Crippen LogP contribution in [-0.2, 0) is 4.79 Å². The monoisotopic (exact) mass is 385 g/mol. The van der Waals surface area contributed by atoms with Gasteiger partial charge in [-0.2, -0.15) is 0 Å². The molecule has 1 aliphatic heterocycles. The van der Waals surface area contributed by atoms with Gasteiger partial charge in [-0.05, 0) is 31.9 Å². The van der Waals surface area contributed by atoms with E-state index in [-0.39, 0.29) is 36.3 Å². The number of carbonyl (C=O) groups is 2. The van der Waals surface area contributed by atoms with Crippen molar-refractivity contribution in [2.45, 2.75) is 38.3 Å². The lowest BCUT2D eigenvalue weighted by molar-refractivity contribution is -0.122. The summed E-state index contributed by atoms with van der Waals surface area (Å²) in [6.07, 6.45) is 1.78. The van der Waals surface area contributed by atoms with E-state index in [4.69, 9.17) is 15.2 Å². The highest BCUT2D eigenvalue weighted by atomic mass is 35.5. The fraction of sp³-hybridized carbons (Fsp3) is 0.556. The first-order chi connectivity index (χ1) is 11.9. The van der Waals surface area contributed by atoms with Gasteiger partial charge in [0.2, 0.25) is 5.91 Å². The van der Waals surface area contributed by atoms with E-state index >= 15 is 0 Å². The van der Waals surface area contributed by atoms with Crippen molar-refractivity contribution in [1.82, 2.24) is 10.2 Å². The predicted octanol–water partition coefficient (Wildman–Crippen LogP) is 1.58. The first-order valence-electron chi connectivity index (χ1n) is 8.50. The van der Waals surface area contributed by atoms with Gasteiger partial charge >= 0.3 is 0 Å². The molecule has 26 heavy (non-hydrogen) atoms. The van der Waals surface area contributed by atoms with E-state index in [2.05, 4.69) is 5.32 Å². The molecule has 0 bridgehead atoms. The number of piperidine rings is 1. The molecule has 0 radical (unpaired) electrons. The summed E-state index contributed by atoms with van der Waals surface area (Å²) in [6.45, 7) is 3.00. The average Bonchev–Trinajstić information content (AvgIpc) is 2.60. The molecule has 2 amide bonds. The van der Waals surface area contributed by atoms with Crippen LogP contribution in [0.15, 0.2) is 18.2 Å². The van der Waals surface area contributed by atoms with Crippen LogP contribution in [0.1, 0.15) is 36.5 Å². The minimum atomic E-state index is -0.149. The lowest BCUT2D eigenvalue weighted by Crippen LogP contribution is -2.47. The number of amides is 2. The Morgan fingerprint density at radius 1 is 1.27 bits per heavy atom. The van der Waals surface area contributed by atoms with E-state index in [1.807, 2.05) is 6.92 Å². The molecule has 1 atom stereocenters. The summed E-state index contributed by atoms with van der Waals surface area (Å²) in [5.74, 6) is 1.04. The number of nitrogens with two attached hydrogens (primary N) is 1. The third-order valence-corrected chi connectivity index (χ3v) is 4.29. The van der Waals surface area contributed by atoms with Crippen molar-refractivity contribution < 1.29 is 19.1 Å². The van der Waals surface area contributed by atoms with Crippen molar-refractivity contribution in [1.29, 1.82) is 0 Å². The van der Waals surface area contributed by atoms with Crippen LogP contribution >= 0.6 is 12.4 Å². The maximum Gasteiger partial charge on any atom is 0.257 e. The molecule has 1 aromatic carbocycles. The van der Waals surface area contributed by atoms with Crippen molar-refractivity contribution in [3.05, 3.63) is 23.8 Å². The zero-order chi connectivity index (χ0) is 18.4. The smallest absolute Gasteiger partial charge is 0.257 e. The molecule has 2 rings (SSSR count). The Balaban J connectivity index is 0.00000338. The molecule has 146 valence electrons. The Kier molecular flexibility index (Phi) is 8.68. The Bertz CT molecular complexity index is 616. The SMILES string of the molecule is COc1ccc(C(=O)N2CCC(NC(=O)CC(C)N)CC2)c(OC)c1.Cl. The molecule has 3 N–H and O–H groups in total. The molecule has 0 spiro atoms. The first kappa shape index (κ1) is 22.1. The Hall–Kier alpha value is -1.99. The zero-order valence-corrected chi connectivity index (χ0v) is 16.3. The summed E-state index contributed by atoms with van der Waals surface area (Å²) in [7, 11) is 3.10. The third kappa shape index (κ3) is 5.78. The van der Waals surface area contributed by atoms with Gasteiger partial charge in [0.25, 0.3) is 5.91 Å². The van der Waals surface area contributed by atoms with Crippen molar-refractivity contribution in [2.75, 3.05) is 27.3 Å². The number of hydrogen-bond acceptors (Lipinski definition) is 5. The van der Waals surface area contributed by atoms with E-state index < -0.39 is 0 Å². The van der Waals surface area contributed by atoms with Gasteiger partial charge in [0.15, 0.2) is 0 Å². The molecule has 0 aromatic heterocycles. The van der Waals surface area contributed by atoms with Gasteiger partial charge in [-0.15, -0.1) is 12.4 Å². The highest BCUT2D eigenvalue weighted by molar-refractivity contribution is 5.97. The predicted molar refractivity (Wildman–Crippen MR) is 102 cm³/mol. The normalized spacial score (nSPS) is 15.6. The van der Waals surface area contributed by atoms with Crippen LogP contribution in [0.2, 0.25) is 0 Å². The average molecular weight is 386 g/mol. The quantitative estimate of drug-likeness (QED) is 0.775. The van der Waals surface area contributed by atoms with Gasteiger partial charge < -0.3 is 25.4 Å². The van der Waals surface area contributed by atoms with Gasteiger partial charge in [-0.1, -0.05) is 0 Å². The van der Waals surface area contributed by atoms with Crippen molar-refractivity contribution in [3.63, 3.8) is 0 Å². The number of nitrogens with zero attached hydrogens (tertiary/aromatic N) is 1. The summed E-state index contributed by atoms with van der Waals surface area (Å²) >= 11 is 0. The second-order valence-corrected chi connectivity index (χ2v) is 6.38. The molecule has 1 saturated heterocycles. The van der Waals surface area contributed by atoms with Gasteiger partial charge in [0.05, 0.1) is 19.8 Å². The largest absolute Gasteiger partial charge is 0.497 e. The Morgan fingerprint density at radius 3 is 2.46 bits per heavy atom. The molecular formula is C18H28ClN3O4. The Morgan fingerprint density at radius 2 is 1.92 bits per heavy atom. The van der Waals surface area contributed by atoms with Crippen LogP contribution < -0.4 is 20.5 Å². The molecular weight excluding hydrogens is 358 g/mol. The van der Waals surface area contributed by atoms with Gasteiger partial charge in [0.1, 0.15) is 11.5 Å². The number of methoxy groups -OCH3 is 2. The number of rotatable bonds is 6. The zero-order valence-electron chi connectivity index (χ0n) is 15.5. The van der Waals surface area contributed by atoms with Gasteiger partial charge in [-0.25, -0.2) is 0 Å². The first-order valence-corrected chi connectivity index (χ1v) is 8.50. The number of benzene rings is 1. The van der Waals surface area contributed by atoms with E-state index in [1.54, 1.807) is 30.2 Å². The van der Waals surface area contributed by atoms with Crippen LogP contribution in [0.3, 0.4) is 0 Å². The summed E-state index contributed by atoms with van der Waals surface area (Å²) < 4.78 is 10.5. The van der Waals surface area contributed by atoms with Crippen molar-refractivity contribution in [2.24, 2.45) is 5.73 Å². The number of likely N-dealkylation sites (tertiary alicyclic amines) is 1. The number of carbonyl (C=O) groups excluding carboxylic acids is 2. The summed E-state index contributed by atoms with van der Waals surface area (Å²) in [5.41, 5.74) is 6.15. The van der Waals surface area contributed by atoms with Crippen LogP contribution in [0, 0.1) is 0 Å². The van der Waals surface area contributed by atoms with Crippen LogP contribution in [0.5, 0.6) is 11.5 Å². The van der Waals surface area contributed by atoms with Crippen molar-refractivity contribution >= 4 is 24.2 Å². The second-order valence-electron chi connectivity index (χ2n) is 6.38. The van der Waals surface area contributed by atoms with E-state index in [1.165, 1.54) is 7.11 Å². The summed E-state index contributed by atoms with van der Waals surface area (Å²) in [6, 6.07) is 5.11. The molecule has 1 unspecified atom stereocenters. The van der Waals surface area contributed by atoms with Crippen LogP contribution in [0.4, 0.5) is 0 Å². The van der Waals surface area contributed by atoms with E-state index in [0.717, 1.165) is 12.8 Å². The maximum atomic E-state index is 12.8. The molecule has 1 fully saturated rings. The standard InChI is InChI=1S/C18H27N3O4.ClH/c1-12(19)10-17(22)20-13-6-8-21(9-7-13)18(23)15-5-4-14(24-2)11-16(15)25-3;/h4-5,11-13H,6-10,19H2,1-3H3,(H,20,22);1H. The highest BCUT2D eigenvalue weighted by Gasteiger charge is 2.26. The molecule has 1 aromatic rings. The number of halogens is 1.